The first-order chi connectivity index (χ1) is 15.9. The van der Waals surface area contributed by atoms with Gasteiger partial charge in [-0.25, -0.2) is 0 Å². The molecule has 0 radical (unpaired) electrons. The van der Waals surface area contributed by atoms with E-state index < -0.39 is 0 Å². The number of nitrogens with zero attached hydrogens (tertiary/aromatic N) is 1. The number of aromatic nitrogens is 1. The fourth-order valence-electron chi connectivity index (χ4n) is 4.52. The van der Waals surface area contributed by atoms with E-state index in [4.69, 9.17) is 0 Å². The van der Waals surface area contributed by atoms with Crippen LogP contribution in [0.25, 0.3) is 38.6 Å². The van der Waals surface area contributed by atoms with Crippen LogP contribution >= 0.6 is 0 Å². The Labute approximate surface area is 187 Å². The highest BCUT2D eigenvalue weighted by atomic mass is 15.0. The molecule has 0 saturated carbocycles. The van der Waals surface area contributed by atoms with Crippen molar-refractivity contribution in [1.82, 2.24) is 4.57 Å². The SMILES string of the molecule is c1ccc(Nc2cc(-n3c4ccccc4c4ccccc43)ccc2-c2ccccc2)cc1. The zero-order valence-electron chi connectivity index (χ0n) is 17.6. The molecular weight excluding hydrogens is 388 g/mol. The molecular formula is C30H22N2. The molecule has 0 unspecified atom stereocenters. The predicted octanol–water partition coefficient (Wildman–Crippen LogP) is 8.19. The van der Waals surface area contributed by atoms with E-state index in [0.29, 0.717) is 0 Å². The van der Waals surface area contributed by atoms with E-state index >= 15 is 0 Å². The van der Waals surface area contributed by atoms with Crippen molar-refractivity contribution in [1.29, 1.82) is 0 Å². The van der Waals surface area contributed by atoms with Crippen molar-refractivity contribution in [3.8, 4) is 16.8 Å². The van der Waals surface area contributed by atoms with Gasteiger partial charge < -0.3 is 9.88 Å². The van der Waals surface area contributed by atoms with Crippen LogP contribution < -0.4 is 5.32 Å². The summed E-state index contributed by atoms with van der Waals surface area (Å²) in [4.78, 5) is 0. The second-order valence-electron chi connectivity index (χ2n) is 7.96. The highest BCUT2D eigenvalue weighted by Crippen LogP contribution is 2.36. The first-order valence-electron chi connectivity index (χ1n) is 10.9. The summed E-state index contributed by atoms with van der Waals surface area (Å²) in [5.41, 5.74) is 8.10. The Morgan fingerprint density at radius 1 is 0.500 bits per heavy atom. The molecule has 32 heavy (non-hydrogen) atoms. The fourth-order valence-corrected chi connectivity index (χ4v) is 4.52. The zero-order chi connectivity index (χ0) is 21.3. The number of benzene rings is 5. The molecule has 152 valence electrons. The molecule has 0 saturated heterocycles. The number of anilines is 2. The zero-order valence-corrected chi connectivity index (χ0v) is 17.6. The van der Waals surface area contributed by atoms with Crippen molar-refractivity contribution >= 4 is 33.2 Å². The lowest BCUT2D eigenvalue weighted by atomic mass is 10.0. The fraction of sp³-hybridized carbons (Fsp3) is 0. The predicted molar refractivity (Wildman–Crippen MR) is 136 cm³/mol. The van der Waals surface area contributed by atoms with Crippen LogP contribution in [0, 0.1) is 0 Å². The Kier molecular flexibility index (Phi) is 4.47. The van der Waals surface area contributed by atoms with Crippen molar-refractivity contribution in [2.75, 3.05) is 5.32 Å². The summed E-state index contributed by atoms with van der Waals surface area (Å²) in [6, 6.07) is 44.8. The van der Waals surface area contributed by atoms with E-state index in [1.54, 1.807) is 0 Å². The van der Waals surface area contributed by atoms with E-state index in [-0.39, 0.29) is 0 Å². The number of nitrogens with one attached hydrogen (secondary N) is 1. The maximum Gasteiger partial charge on any atom is 0.0541 e. The average Bonchev–Trinajstić information content (AvgIpc) is 3.20. The Balaban J connectivity index is 1.59. The third kappa shape index (κ3) is 3.14. The van der Waals surface area contributed by atoms with Crippen molar-refractivity contribution in [2.45, 2.75) is 0 Å². The Morgan fingerprint density at radius 2 is 1.06 bits per heavy atom. The van der Waals surface area contributed by atoms with Crippen LogP contribution in [-0.4, -0.2) is 4.57 Å². The molecule has 0 atom stereocenters. The largest absolute Gasteiger partial charge is 0.355 e. The first kappa shape index (κ1) is 18.5. The maximum atomic E-state index is 3.66. The quantitative estimate of drug-likeness (QED) is 0.310. The van der Waals surface area contributed by atoms with Crippen LogP contribution in [0.1, 0.15) is 0 Å². The third-order valence-electron chi connectivity index (χ3n) is 5.98. The Bertz CT molecular complexity index is 1480. The van der Waals surface area contributed by atoms with Gasteiger partial charge in [-0.2, -0.15) is 0 Å². The molecule has 5 aromatic carbocycles. The number of rotatable bonds is 4. The minimum atomic E-state index is 1.07. The Hall–Kier alpha value is -4.30. The summed E-state index contributed by atoms with van der Waals surface area (Å²) in [5.74, 6) is 0. The molecule has 2 heteroatoms. The molecule has 1 aromatic heterocycles. The molecule has 6 rings (SSSR count). The lowest BCUT2D eigenvalue weighted by molar-refractivity contribution is 1.18. The number of para-hydroxylation sites is 3. The molecule has 1 heterocycles. The van der Waals surface area contributed by atoms with Crippen molar-refractivity contribution in [3.05, 3.63) is 127 Å². The number of fused-ring (bicyclic) bond motifs is 3. The van der Waals surface area contributed by atoms with E-state index in [0.717, 1.165) is 17.1 Å². The summed E-state index contributed by atoms with van der Waals surface area (Å²) >= 11 is 0. The molecule has 0 bridgehead atoms. The van der Waals surface area contributed by atoms with Crippen LogP contribution in [0.4, 0.5) is 11.4 Å². The van der Waals surface area contributed by atoms with Crippen LogP contribution in [0.3, 0.4) is 0 Å². The van der Waals surface area contributed by atoms with Gasteiger partial charge in [0, 0.05) is 33.4 Å². The van der Waals surface area contributed by atoms with Crippen LogP contribution in [0.2, 0.25) is 0 Å². The van der Waals surface area contributed by atoms with Gasteiger partial charge in [0.05, 0.1) is 11.0 Å². The number of hydrogen-bond acceptors (Lipinski definition) is 1. The standard InChI is InChI=1S/C30H22N2/c1-3-11-22(12-4-1)25-20-19-24(21-28(25)31-23-13-5-2-6-14-23)32-29-17-9-7-15-26(29)27-16-8-10-18-30(27)32/h1-21,31H. The molecule has 0 aliphatic heterocycles. The van der Waals surface area contributed by atoms with Gasteiger partial charge in [-0.3, -0.25) is 0 Å². The minimum Gasteiger partial charge on any atom is -0.355 e. The molecule has 0 aliphatic carbocycles. The molecule has 0 fully saturated rings. The van der Waals surface area contributed by atoms with Gasteiger partial charge in [0.25, 0.3) is 0 Å². The summed E-state index contributed by atoms with van der Waals surface area (Å²) in [6.45, 7) is 0. The highest BCUT2D eigenvalue weighted by Gasteiger charge is 2.14. The van der Waals surface area contributed by atoms with E-state index in [1.165, 1.54) is 32.9 Å². The van der Waals surface area contributed by atoms with Crippen LogP contribution in [0.5, 0.6) is 0 Å². The molecule has 0 spiro atoms. The van der Waals surface area contributed by atoms with Crippen molar-refractivity contribution in [2.24, 2.45) is 0 Å². The minimum absolute atomic E-state index is 1.07. The summed E-state index contributed by atoms with van der Waals surface area (Å²) < 4.78 is 2.36. The Morgan fingerprint density at radius 3 is 1.72 bits per heavy atom. The molecule has 1 N–H and O–H groups in total. The monoisotopic (exact) mass is 410 g/mol. The van der Waals surface area contributed by atoms with Crippen molar-refractivity contribution < 1.29 is 0 Å². The molecule has 6 aromatic rings. The van der Waals surface area contributed by atoms with Gasteiger partial charge >= 0.3 is 0 Å². The van der Waals surface area contributed by atoms with Gasteiger partial charge in [-0.1, -0.05) is 91.0 Å². The molecule has 0 amide bonds. The van der Waals surface area contributed by atoms with Crippen molar-refractivity contribution in [3.63, 3.8) is 0 Å². The smallest absolute Gasteiger partial charge is 0.0541 e. The number of hydrogen-bond donors (Lipinski definition) is 1. The highest BCUT2D eigenvalue weighted by molar-refractivity contribution is 6.09. The van der Waals surface area contributed by atoms with Gasteiger partial charge in [-0.15, -0.1) is 0 Å². The second kappa shape index (κ2) is 7.75. The normalized spacial score (nSPS) is 11.1. The topological polar surface area (TPSA) is 17.0 Å². The van der Waals surface area contributed by atoms with E-state index in [9.17, 15) is 0 Å². The van der Waals surface area contributed by atoms with Crippen LogP contribution in [0.15, 0.2) is 127 Å². The lowest BCUT2D eigenvalue weighted by Gasteiger charge is -2.16. The molecule has 0 aliphatic rings. The average molecular weight is 411 g/mol. The van der Waals surface area contributed by atoms with Gasteiger partial charge in [0.1, 0.15) is 0 Å². The first-order valence-corrected chi connectivity index (χ1v) is 10.9. The van der Waals surface area contributed by atoms with Gasteiger partial charge in [0.15, 0.2) is 0 Å². The van der Waals surface area contributed by atoms with E-state index in [2.05, 4.69) is 131 Å². The summed E-state index contributed by atoms with van der Waals surface area (Å²) in [6.07, 6.45) is 0. The van der Waals surface area contributed by atoms with Gasteiger partial charge in [0.2, 0.25) is 0 Å². The summed E-state index contributed by atoms with van der Waals surface area (Å²) in [5, 5.41) is 6.20. The molecule has 2 nitrogen and oxygen atoms in total. The van der Waals surface area contributed by atoms with Crippen LogP contribution in [-0.2, 0) is 0 Å². The lowest BCUT2D eigenvalue weighted by Crippen LogP contribution is -1.98. The third-order valence-corrected chi connectivity index (χ3v) is 5.98. The second-order valence-corrected chi connectivity index (χ2v) is 7.96. The maximum absolute atomic E-state index is 3.66. The summed E-state index contributed by atoms with van der Waals surface area (Å²) in [7, 11) is 0. The van der Waals surface area contributed by atoms with E-state index in [1.807, 2.05) is 6.07 Å². The van der Waals surface area contributed by atoms with Gasteiger partial charge in [-0.05, 0) is 42.0 Å².